The molecule has 1 aliphatic heterocycles. The van der Waals surface area contributed by atoms with E-state index in [0.29, 0.717) is 0 Å². The molecule has 36 heavy (non-hydrogen) atoms. The van der Waals surface area contributed by atoms with Gasteiger partial charge in [-0.25, -0.2) is 9.37 Å². The van der Waals surface area contributed by atoms with Crippen LogP contribution in [0.1, 0.15) is 6.23 Å². The number of nitrogens with zero attached hydrogens (tertiary/aromatic N) is 3. The normalized spacial score (nSPS) is 26.4. The van der Waals surface area contributed by atoms with E-state index in [1.54, 1.807) is 0 Å². The summed E-state index contributed by atoms with van der Waals surface area (Å²) >= 11 is 5.24. The number of aromatic amines is 1. The van der Waals surface area contributed by atoms with Crippen LogP contribution >= 0.6 is 26.8 Å². The maximum absolute atomic E-state index is 14.4. The van der Waals surface area contributed by atoms with Crippen LogP contribution in [0.3, 0.4) is 0 Å². The van der Waals surface area contributed by atoms with E-state index >= 15 is 0 Å². The molecule has 0 aromatic carbocycles. The van der Waals surface area contributed by atoms with Crippen molar-refractivity contribution in [2.24, 2.45) is 0 Å². The van der Waals surface area contributed by atoms with E-state index in [9.17, 15) is 43.1 Å². The van der Waals surface area contributed by atoms with Gasteiger partial charge < -0.3 is 44.8 Å². The number of hydrogen-bond donors (Lipinski definition) is 7. The molecule has 21 heteroatoms. The minimum Gasteiger partial charge on any atom is -0.387 e. The van der Waals surface area contributed by atoms with Crippen molar-refractivity contribution in [1.82, 2.24) is 24.8 Å². The topological polar surface area (TPSA) is 261 Å². The van der Waals surface area contributed by atoms with Crippen LogP contribution in [-0.2, 0) is 27.7 Å². The molecule has 8 N–H and O–H groups in total. The number of alkyl halides is 2. The zero-order valence-electron chi connectivity index (χ0n) is 18.0. The smallest absolute Gasteiger partial charge is 0.374 e. The summed E-state index contributed by atoms with van der Waals surface area (Å²) < 4.78 is 54.1. The Balaban J connectivity index is 1.64. The SMILES string of the molecule is Nc1nc2c(ncn2[C@@H]2O[C@H](COP(=O)(O)C(F)P(=O)(O)OCCNC(=O)CCl)[C@@H](O)[C@H]2O)c(=O)[nH]1. The number of nitrogens with one attached hydrogen (secondary N) is 2. The van der Waals surface area contributed by atoms with Gasteiger partial charge in [0.05, 0.1) is 19.5 Å². The molecule has 1 amide bonds. The minimum absolute atomic E-state index is 0.105. The minimum atomic E-state index is -5.49. The van der Waals surface area contributed by atoms with E-state index in [-0.39, 0.29) is 23.7 Å². The Labute approximate surface area is 205 Å². The zero-order chi connectivity index (χ0) is 26.8. The summed E-state index contributed by atoms with van der Waals surface area (Å²) in [5, 5.41) is 22.8. The van der Waals surface area contributed by atoms with Gasteiger partial charge in [0.1, 0.15) is 24.2 Å². The van der Waals surface area contributed by atoms with Gasteiger partial charge in [-0.1, -0.05) is 0 Å². The van der Waals surface area contributed by atoms with E-state index in [4.69, 9.17) is 22.1 Å². The highest BCUT2D eigenvalue weighted by Gasteiger charge is 2.50. The number of imidazole rings is 1. The average molecular weight is 579 g/mol. The summed E-state index contributed by atoms with van der Waals surface area (Å²) in [7, 11) is -10.8. The Hall–Kier alpha value is -1.98. The predicted molar refractivity (Wildman–Crippen MR) is 119 cm³/mol. The number of carbonyl (C=O) groups is 1. The first-order chi connectivity index (χ1) is 16.8. The number of aliphatic hydroxyl groups excluding tert-OH is 2. The number of aromatic nitrogens is 4. The van der Waals surface area contributed by atoms with Crippen LogP contribution in [0.2, 0.25) is 0 Å². The lowest BCUT2D eigenvalue weighted by molar-refractivity contribution is -0.118. The maximum atomic E-state index is 14.4. The van der Waals surface area contributed by atoms with E-state index in [1.807, 2.05) is 0 Å². The summed E-state index contributed by atoms with van der Waals surface area (Å²) in [6, 6.07) is 0. The number of anilines is 1. The second kappa shape index (κ2) is 11.2. The van der Waals surface area contributed by atoms with Crippen LogP contribution in [0.15, 0.2) is 11.1 Å². The van der Waals surface area contributed by atoms with Crippen LogP contribution in [0, 0.1) is 0 Å². The summed E-state index contributed by atoms with van der Waals surface area (Å²) in [5.41, 5.74) is 1.16. The third-order valence-corrected chi connectivity index (χ3v) is 8.99. The third-order valence-electron chi connectivity index (χ3n) is 4.85. The lowest BCUT2D eigenvalue weighted by atomic mass is 10.1. The molecule has 2 aromatic rings. The van der Waals surface area contributed by atoms with E-state index in [2.05, 4.69) is 29.3 Å². The largest absolute Gasteiger partial charge is 0.387 e. The molecule has 2 aromatic heterocycles. The lowest BCUT2D eigenvalue weighted by Gasteiger charge is -2.22. The summed E-state index contributed by atoms with van der Waals surface area (Å²) in [5.74, 6) is -1.30. The van der Waals surface area contributed by atoms with Crippen molar-refractivity contribution in [3.05, 3.63) is 16.7 Å². The first kappa shape index (κ1) is 28.6. The number of nitrogen functional groups attached to an aromatic ring is 1. The van der Waals surface area contributed by atoms with Gasteiger partial charge in [0.2, 0.25) is 11.9 Å². The van der Waals surface area contributed by atoms with Gasteiger partial charge in [-0.2, -0.15) is 4.98 Å². The van der Waals surface area contributed by atoms with Crippen LogP contribution in [0.4, 0.5) is 10.3 Å². The molecule has 1 fully saturated rings. The highest BCUT2D eigenvalue weighted by atomic mass is 35.5. The van der Waals surface area contributed by atoms with Gasteiger partial charge in [-0.3, -0.25) is 28.3 Å². The molecular weight excluding hydrogens is 557 g/mol. The highest BCUT2D eigenvalue weighted by molar-refractivity contribution is 7.71. The van der Waals surface area contributed by atoms with Crippen LogP contribution < -0.4 is 16.6 Å². The Morgan fingerprint density at radius 2 is 2.00 bits per heavy atom. The van der Waals surface area contributed by atoms with E-state index in [1.165, 1.54) is 0 Å². The monoisotopic (exact) mass is 578 g/mol. The van der Waals surface area contributed by atoms with E-state index < -0.39 is 75.9 Å². The molecule has 0 bridgehead atoms. The molecule has 3 rings (SSSR count). The highest BCUT2D eigenvalue weighted by Crippen LogP contribution is 2.66. The first-order valence-electron chi connectivity index (χ1n) is 9.93. The number of fused-ring (bicyclic) bond motifs is 1. The molecular formula is C15H22ClFN6O11P2. The van der Waals surface area contributed by atoms with Crippen molar-refractivity contribution in [2.75, 3.05) is 31.4 Å². The van der Waals surface area contributed by atoms with Gasteiger partial charge >= 0.3 is 15.2 Å². The molecule has 3 unspecified atom stereocenters. The molecule has 0 radical (unpaired) electrons. The molecule has 0 aliphatic carbocycles. The Bertz CT molecular complexity index is 1260. The van der Waals surface area contributed by atoms with Crippen LogP contribution in [0.25, 0.3) is 11.2 Å². The number of ether oxygens (including phenoxy) is 1. The van der Waals surface area contributed by atoms with Crippen molar-refractivity contribution in [2.45, 2.75) is 30.2 Å². The second-order valence-corrected chi connectivity index (χ2v) is 11.7. The predicted octanol–water partition coefficient (Wildman–Crippen LogP) is -1.67. The average Bonchev–Trinajstić information content (AvgIpc) is 3.35. The Kier molecular flexibility index (Phi) is 8.88. The number of hydrogen-bond acceptors (Lipinski definition) is 12. The van der Waals surface area contributed by atoms with Gasteiger partial charge in [-0.05, 0) is 0 Å². The fourth-order valence-corrected chi connectivity index (χ4v) is 6.06. The fraction of sp³-hybridized carbons (Fsp3) is 0.600. The van der Waals surface area contributed by atoms with Crippen LogP contribution in [0.5, 0.6) is 0 Å². The molecule has 202 valence electrons. The first-order valence-corrected chi connectivity index (χ1v) is 13.8. The zero-order valence-corrected chi connectivity index (χ0v) is 20.6. The second-order valence-electron chi connectivity index (χ2n) is 7.37. The molecule has 0 spiro atoms. The molecule has 1 saturated heterocycles. The fourth-order valence-electron chi connectivity index (χ4n) is 3.13. The summed E-state index contributed by atoms with van der Waals surface area (Å²) in [4.78, 5) is 52.4. The molecule has 3 heterocycles. The number of halogens is 2. The number of H-pyrrole nitrogens is 1. The molecule has 7 atom stereocenters. The third kappa shape index (κ3) is 6.11. The summed E-state index contributed by atoms with van der Waals surface area (Å²) in [6.45, 7) is -2.02. The van der Waals surface area contributed by atoms with Crippen molar-refractivity contribution in [3.63, 3.8) is 0 Å². The lowest BCUT2D eigenvalue weighted by Crippen LogP contribution is -2.34. The number of rotatable bonds is 11. The van der Waals surface area contributed by atoms with Crippen molar-refractivity contribution < 1.29 is 52.1 Å². The quantitative estimate of drug-likeness (QED) is 0.0893. The van der Waals surface area contributed by atoms with Gasteiger partial charge in [0.25, 0.3) is 11.2 Å². The molecule has 17 nitrogen and oxygen atoms in total. The molecule has 1 aliphatic rings. The maximum Gasteiger partial charge on any atom is 0.374 e. The van der Waals surface area contributed by atoms with Gasteiger partial charge in [0.15, 0.2) is 17.4 Å². The standard InChI is InChI=1S/C15H22ClFN6O11P2/c16-3-7(24)19-1-2-32-35(28,29)14(17)36(30,31)33-4-6-9(25)10(26)13(34-6)23-5-20-8-11(23)21-15(18)22-12(8)27/h5-6,9-10,13-14,25-26H,1-4H2,(H,19,24)(H,28,29)(H,30,31)(H3,18,21,22,27)/t6-,9-,10-,13-,14?/m1/s1. The number of nitrogens with two attached hydrogens (primary N) is 1. The number of amides is 1. The van der Waals surface area contributed by atoms with Gasteiger partial charge in [-0.15, -0.1) is 11.6 Å². The Morgan fingerprint density at radius 1 is 1.33 bits per heavy atom. The molecule has 0 saturated carbocycles. The number of carbonyl (C=O) groups excluding carboxylic acids is 1. The number of aliphatic hydroxyl groups is 2. The van der Waals surface area contributed by atoms with Gasteiger partial charge in [0, 0.05) is 6.54 Å². The van der Waals surface area contributed by atoms with Crippen LogP contribution in [-0.4, -0.2) is 95.0 Å². The van der Waals surface area contributed by atoms with Crippen molar-refractivity contribution >= 4 is 49.8 Å². The Morgan fingerprint density at radius 3 is 2.67 bits per heavy atom. The summed E-state index contributed by atoms with van der Waals surface area (Å²) in [6.07, 6.45) is -5.30. The van der Waals surface area contributed by atoms with E-state index in [0.717, 1.165) is 10.9 Å². The van der Waals surface area contributed by atoms with Crippen molar-refractivity contribution in [3.8, 4) is 0 Å². The van der Waals surface area contributed by atoms with Crippen molar-refractivity contribution in [1.29, 1.82) is 0 Å².